The Morgan fingerprint density at radius 2 is 1.94 bits per heavy atom. The van der Waals surface area contributed by atoms with Gasteiger partial charge in [-0.15, -0.1) is 0 Å². The predicted molar refractivity (Wildman–Crippen MR) is 111 cm³/mol. The summed E-state index contributed by atoms with van der Waals surface area (Å²) in [6.45, 7) is 5.65. The SMILES string of the molecule is Cc1n[nH]nc1[C@@H]1C[C@H](C)CN(c2ccnc(-c3cnc4ccc(C(F)(F)F)cn34)n2)C1. The van der Waals surface area contributed by atoms with Crippen molar-refractivity contribution in [1.29, 1.82) is 0 Å². The Balaban J connectivity index is 1.49. The predicted octanol–water partition coefficient (Wildman–Crippen LogP) is 3.87. The smallest absolute Gasteiger partial charge is 0.356 e. The molecular formula is C21H21F3N8. The van der Waals surface area contributed by atoms with Gasteiger partial charge in [-0.05, 0) is 37.5 Å². The molecule has 11 heteroatoms. The van der Waals surface area contributed by atoms with Crippen LogP contribution in [0, 0.1) is 12.8 Å². The van der Waals surface area contributed by atoms with Crippen LogP contribution in [0.1, 0.15) is 36.2 Å². The van der Waals surface area contributed by atoms with Crippen LogP contribution in [-0.4, -0.2) is 47.9 Å². The third-order valence-corrected chi connectivity index (χ3v) is 5.83. The van der Waals surface area contributed by atoms with Crippen LogP contribution < -0.4 is 4.90 Å². The average molecular weight is 442 g/mol. The van der Waals surface area contributed by atoms with Crippen LogP contribution >= 0.6 is 0 Å². The van der Waals surface area contributed by atoms with E-state index in [1.54, 1.807) is 6.20 Å². The highest BCUT2D eigenvalue weighted by atomic mass is 19.4. The molecule has 0 amide bonds. The first-order chi connectivity index (χ1) is 15.3. The second-order valence-electron chi connectivity index (χ2n) is 8.26. The first kappa shape index (κ1) is 20.4. The zero-order valence-electron chi connectivity index (χ0n) is 17.5. The van der Waals surface area contributed by atoms with Gasteiger partial charge in [0.05, 0.1) is 23.1 Å². The van der Waals surface area contributed by atoms with Gasteiger partial charge in [0, 0.05) is 31.4 Å². The topological polar surface area (TPSA) is 87.9 Å². The number of aryl methyl sites for hydroxylation is 1. The third-order valence-electron chi connectivity index (χ3n) is 5.83. The van der Waals surface area contributed by atoms with Gasteiger partial charge >= 0.3 is 6.18 Å². The number of hydrogen-bond donors (Lipinski definition) is 1. The number of nitrogens with zero attached hydrogens (tertiary/aromatic N) is 7. The van der Waals surface area contributed by atoms with E-state index in [9.17, 15) is 13.2 Å². The van der Waals surface area contributed by atoms with E-state index in [4.69, 9.17) is 0 Å². The molecule has 0 aromatic carbocycles. The molecule has 0 aliphatic carbocycles. The summed E-state index contributed by atoms with van der Waals surface area (Å²) in [6, 6.07) is 4.18. The van der Waals surface area contributed by atoms with Gasteiger partial charge in [0.1, 0.15) is 17.2 Å². The fraction of sp³-hybridized carbons (Fsp3) is 0.381. The zero-order chi connectivity index (χ0) is 22.5. The van der Waals surface area contributed by atoms with Crippen LogP contribution in [0.25, 0.3) is 17.2 Å². The minimum atomic E-state index is -4.45. The van der Waals surface area contributed by atoms with Crippen molar-refractivity contribution >= 4 is 11.5 Å². The van der Waals surface area contributed by atoms with Crippen molar-refractivity contribution in [1.82, 2.24) is 34.8 Å². The highest BCUT2D eigenvalue weighted by Gasteiger charge is 2.32. The Hall–Kier alpha value is -3.50. The maximum Gasteiger partial charge on any atom is 0.417 e. The first-order valence-corrected chi connectivity index (χ1v) is 10.3. The largest absolute Gasteiger partial charge is 0.417 e. The lowest BCUT2D eigenvalue weighted by molar-refractivity contribution is -0.137. The number of aromatic amines is 1. The van der Waals surface area contributed by atoms with Gasteiger partial charge < -0.3 is 4.90 Å². The van der Waals surface area contributed by atoms with Crippen molar-refractivity contribution in [3.63, 3.8) is 0 Å². The summed E-state index contributed by atoms with van der Waals surface area (Å²) in [5.74, 6) is 1.66. The monoisotopic (exact) mass is 442 g/mol. The molecule has 0 unspecified atom stereocenters. The molecule has 0 saturated carbocycles. The van der Waals surface area contributed by atoms with E-state index in [1.165, 1.54) is 16.7 Å². The normalized spacial score (nSPS) is 19.6. The first-order valence-electron chi connectivity index (χ1n) is 10.3. The van der Waals surface area contributed by atoms with Gasteiger partial charge in [-0.25, -0.2) is 15.0 Å². The molecule has 32 heavy (non-hydrogen) atoms. The molecule has 1 saturated heterocycles. The number of nitrogens with one attached hydrogen (secondary N) is 1. The molecule has 4 aromatic heterocycles. The van der Waals surface area contributed by atoms with Crippen LogP contribution in [0.15, 0.2) is 36.8 Å². The molecule has 1 N–H and O–H groups in total. The van der Waals surface area contributed by atoms with E-state index in [1.807, 2.05) is 13.0 Å². The molecule has 1 aliphatic rings. The fourth-order valence-corrected chi connectivity index (χ4v) is 4.38. The van der Waals surface area contributed by atoms with Gasteiger partial charge in [-0.1, -0.05) is 6.92 Å². The van der Waals surface area contributed by atoms with E-state index in [0.29, 0.717) is 23.1 Å². The van der Waals surface area contributed by atoms with Crippen LogP contribution in [-0.2, 0) is 6.18 Å². The number of H-pyrrole nitrogens is 1. The van der Waals surface area contributed by atoms with Crippen molar-refractivity contribution in [2.75, 3.05) is 18.0 Å². The lowest BCUT2D eigenvalue weighted by Crippen LogP contribution is -2.39. The molecule has 4 aromatic rings. The summed E-state index contributed by atoms with van der Waals surface area (Å²) in [7, 11) is 0. The van der Waals surface area contributed by atoms with E-state index < -0.39 is 11.7 Å². The van der Waals surface area contributed by atoms with E-state index in [2.05, 4.69) is 42.2 Å². The summed E-state index contributed by atoms with van der Waals surface area (Å²) < 4.78 is 41.0. The lowest BCUT2D eigenvalue weighted by Gasteiger charge is -2.36. The van der Waals surface area contributed by atoms with E-state index >= 15 is 0 Å². The number of hydrogen-bond acceptors (Lipinski definition) is 6. The van der Waals surface area contributed by atoms with E-state index in [0.717, 1.165) is 49.0 Å². The standard InChI is InChI=1S/C21H21F3N8/c1-12-7-14(19-13(2)28-30-29-19)10-31(9-12)18-5-6-25-20(27-18)16-8-26-17-4-3-15(11-32(16)17)21(22,23)24/h3-6,8,11-12,14H,7,9-10H2,1-2H3,(H,28,29,30)/t12-,14+/m0/s1. The zero-order valence-corrected chi connectivity index (χ0v) is 17.5. The Bertz CT molecular complexity index is 1260. The molecule has 5 heterocycles. The quantitative estimate of drug-likeness (QED) is 0.518. The Morgan fingerprint density at radius 1 is 1.09 bits per heavy atom. The highest BCUT2D eigenvalue weighted by Crippen LogP contribution is 2.33. The van der Waals surface area contributed by atoms with Gasteiger partial charge in [0.25, 0.3) is 0 Å². The summed E-state index contributed by atoms with van der Waals surface area (Å²) >= 11 is 0. The Labute approximate surface area is 181 Å². The minimum absolute atomic E-state index is 0.209. The molecule has 2 atom stereocenters. The summed E-state index contributed by atoms with van der Waals surface area (Å²) in [5.41, 5.74) is 1.89. The number of imidazole rings is 1. The molecular weight excluding hydrogens is 421 g/mol. The molecule has 8 nitrogen and oxygen atoms in total. The fourth-order valence-electron chi connectivity index (χ4n) is 4.38. The number of pyridine rings is 1. The molecule has 0 spiro atoms. The van der Waals surface area contributed by atoms with Crippen LogP contribution in [0.5, 0.6) is 0 Å². The minimum Gasteiger partial charge on any atom is -0.356 e. The molecule has 0 bridgehead atoms. The van der Waals surface area contributed by atoms with Crippen LogP contribution in [0.2, 0.25) is 0 Å². The number of rotatable bonds is 3. The number of alkyl halides is 3. The molecule has 1 fully saturated rings. The van der Waals surface area contributed by atoms with Crippen molar-refractivity contribution in [3.05, 3.63) is 53.7 Å². The number of aromatic nitrogens is 7. The van der Waals surface area contributed by atoms with Gasteiger partial charge in [0.2, 0.25) is 0 Å². The molecule has 0 radical (unpaired) electrons. The Morgan fingerprint density at radius 3 is 2.69 bits per heavy atom. The summed E-state index contributed by atoms with van der Waals surface area (Å²) in [5, 5.41) is 11.2. The number of halogens is 3. The van der Waals surface area contributed by atoms with Gasteiger partial charge in [0.15, 0.2) is 5.82 Å². The average Bonchev–Trinajstić information content (AvgIpc) is 3.38. The number of piperidine rings is 1. The lowest BCUT2D eigenvalue weighted by atomic mass is 9.87. The van der Waals surface area contributed by atoms with Crippen molar-refractivity contribution in [2.45, 2.75) is 32.4 Å². The molecule has 1 aliphatic heterocycles. The highest BCUT2D eigenvalue weighted by molar-refractivity contribution is 5.59. The third kappa shape index (κ3) is 3.67. The maximum atomic E-state index is 13.2. The molecule has 166 valence electrons. The maximum absolute atomic E-state index is 13.2. The van der Waals surface area contributed by atoms with Gasteiger partial charge in [-0.3, -0.25) is 4.40 Å². The van der Waals surface area contributed by atoms with Crippen molar-refractivity contribution < 1.29 is 13.2 Å². The second-order valence-corrected chi connectivity index (χ2v) is 8.26. The Kier molecular flexibility index (Phi) is 4.83. The van der Waals surface area contributed by atoms with Crippen molar-refractivity contribution in [2.24, 2.45) is 5.92 Å². The summed E-state index contributed by atoms with van der Waals surface area (Å²) in [6.07, 6.45) is 0.696. The van der Waals surface area contributed by atoms with E-state index in [-0.39, 0.29) is 5.92 Å². The summed E-state index contributed by atoms with van der Waals surface area (Å²) in [4.78, 5) is 15.4. The second kappa shape index (κ2) is 7.57. The van der Waals surface area contributed by atoms with Crippen molar-refractivity contribution in [3.8, 4) is 11.5 Å². The van der Waals surface area contributed by atoms with Crippen LogP contribution in [0.3, 0.4) is 0 Å². The van der Waals surface area contributed by atoms with Gasteiger partial charge in [-0.2, -0.15) is 28.6 Å². The van der Waals surface area contributed by atoms with Crippen LogP contribution in [0.4, 0.5) is 19.0 Å². The number of anilines is 1. The molecule has 5 rings (SSSR count). The number of fused-ring (bicyclic) bond motifs is 1.